The van der Waals surface area contributed by atoms with Crippen molar-refractivity contribution in [3.8, 4) is 16.8 Å². The maximum Gasteiger partial charge on any atom is 0.0726 e. The number of rotatable bonds is 2. The van der Waals surface area contributed by atoms with Crippen LogP contribution < -0.4 is 4.90 Å². The molecule has 1 aromatic heterocycles. The number of fused-ring (bicyclic) bond motifs is 11. The third kappa shape index (κ3) is 3.54. The van der Waals surface area contributed by atoms with Crippen LogP contribution in [0.25, 0.3) is 60.2 Å². The second-order valence-electron chi connectivity index (χ2n) is 15.1. The van der Waals surface area contributed by atoms with Crippen LogP contribution in [-0.2, 0) is 5.41 Å². The van der Waals surface area contributed by atoms with Gasteiger partial charge in [0.05, 0.1) is 22.1 Å². The Labute approximate surface area is 317 Å². The van der Waals surface area contributed by atoms with E-state index < -0.39 is 0 Å². The summed E-state index contributed by atoms with van der Waals surface area (Å²) >= 11 is 1.91. The number of thioether (sulfide) groups is 1. The van der Waals surface area contributed by atoms with Gasteiger partial charge in [-0.25, -0.2) is 0 Å². The minimum atomic E-state index is -0.381. The predicted octanol–water partition coefficient (Wildman–Crippen LogP) is 13.6. The number of aromatic nitrogens is 1. The Hall–Kier alpha value is -6.29. The van der Waals surface area contributed by atoms with Crippen molar-refractivity contribution >= 4 is 66.5 Å². The molecular formula is C51H32N2S. The molecule has 54 heavy (non-hydrogen) atoms. The monoisotopic (exact) mass is 704 g/mol. The number of anilines is 2. The predicted molar refractivity (Wildman–Crippen MR) is 226 cm³/mol. The minimum Gasteiger partial charge on any atom is -0.312 e. The van der Waals surface area contributed by atoms with E-state index in [-0.39, 0.29) is 5.41 Å². The molecule has 13 rings (SSSR count). The maximum absolute atomic E-state index is 2.56. The molecule has 3 aliphatic carbocycles. The van der Waals surface area contributed by atoms with Crippen LogP contribution in [-0.4, -0.2) is 4.57 Å². The first-order valence-corrected chi connectivity index (χ1v) is 19.8. The van der Waals surface area contributed by atoms with Crippen molar-refractivity contribution in [2.24, 2.45) is 0 Å². The van der Waals surface area contributed by atoms with Crippen LogP contribution in [0.3, 0.4) is 0 Å². The summed E-state index contributed by atoms with van der Waals surface area (Å²) in [4.78, 5) is 5.12. The van der Waals surface area contributed by atoms with Gasteiger partial charge in [0, 0.05) is 37.6 Å². The van der Waals surface area contributed by atoms with E-state index in [0.717, 1.165) is 12.8 Å². The topological polar surface area (TPSA) is 8.17 Å². The van der Waals surface area contributed by atoms with Gasteiger partial charge >= 0.3 is 0 Å². The number of hydrogen-bond acceptors (Lipinski definition) is 2. The van der Waals surface area contributed by atoms with Crippen molar-refractivity contribution in [1.29, 1.82) is 0 Å². The Morgan fingerprint density at radius 3 is 2.09 bits per heavy atom. The lowest BCUT2D eigenvalue weighted by molar-refractivity contribution is 0.798. The van der Waals surface area contributed by atoms with E-state index in [4.69, 9.17) is 0 Å². The lowest BCUT2D eigenvalue weighted by Gasteiger charge is -2.36. The molecule has 0 unspecified atom stereocenters. The minimum absolute atomic E-state index is 0.381. The normalized spacial score (nSPS) is 15.9. The van der Waals surface area contributed by atoms with E-state index in [1.165, 1.54) is 109 Å². The van der Waals surface area contributed by atoms with Crippen molar-refractivity contribution < 1.29 is 0 Å². The number of para-hydroxylation sites is 2. The molecule has 0 amide bonds. The highest BCUT2D eigenvalue weighted by Gasteiger charge is 2.51. The quantitative estimate of drug-likeness (QED) is 0.166. The van der Waals surface area contributed by atoms with Crippen LogP contribution in [0.5, 0.6) is 0 Å². The molecule has 0 bridgehead atoms. The van der Waals surface area contributed by atoms with Crippen molar-refractivity contribution in [2.75, 3.05) is 4.90 Å². The second-order valence-corrected chi connectivity index (χ2v) is 16.2. The fraction of sp³-hybridized carbons (Fsp3) is 0.0588. The van der Waals surface area contributed by atoms with Gasteiger partial charge in [0.1, 0.15) is 0 Å². The molecule has 3 heteroatoms. The lowest BCUT2D eigenvalue weighted by Crippen LogP contribution is -2.26. The van der Waals surface area contributed by atoms with Gasteiger partial charge in [-0.1, -0.05) is 133 Å². The molecule has 2 nitrogen and oxygen atoms in total. The van der Waals surface area contributed by atoms with E-state index in [0.29, 0.717) is 0 Å². The van der Waals surface area contributed by atoms with Crippen LogP contribution in [0.15, 0.2) is 185 Å². The standard InChI is InChI=1S/C51H32N2S/c1-2-14-33(15-3-1)52-44-22-8-9-23-47(44)54-48-28-34(26-27-45(48)52)53-43-21-7-5-17-36(43)38-29-42-37(30-46(38)53)35-16-4-6-18-39(35)51(42)40-19-10-12-31-24-25-32-13-11-20-41(51)50(32)49(31)40/h1-7,9-21,23-30H,8,22H2. The molecule has 252 valence electrons. The van der Waals surface area contributed by atoms with Crippen LogP contribution in [0.4, 0.5) is 11.4 Å². The molecular weight excluding hydrogens is 673 g/mol. The summed E-state index contributed by atoms with van der Waals surface area (Å²) in [5.74, 6) is 0. The highest BCUT2D eigenvalue weighted by Crippen LogP contribution is 2.63. The Balaban J connectivity index is 1.09. The molecule has 9 aromatic rings. The van der Waals surface area contributed by atoms with Crippen LogP contribution >= 0.6 is 11.8 Å². The highest BCUT2D eigenvalue weighted by molar-refractivity contribution is 8.03. The van der Waals surface area contributed by atoms with Gasteiger partial charge in [-0.15, -0.1) is 0 Å². The van der Waals surface area contributed by atoms with Crippen molar-refractivity contribution in [3.05, 3.63) is 203 Å². The molecule has 2 heterocycles. The van der Waals surface area contributed by atoms with Crippen LogP contribution in [0.1, 0.15) is 35.1 Å². The zero-order valence-corrected chi connectivity index (χ0v) is 30.2. The Kier molecular flexibility index (Phi) is 5.64. The van der Waals surface area contributed by atoms with E-state index in [1.54, 1.807) is 0 Å². The van der Waals surface area contributed by atoms with E-state index in [1.807, 2.05) is 11.8 Å². The first kappa shape index (κ1) is 29.2. The van der Waals surface area contributed by atoms with Gasteiger partial charge < -0.3 is 9.47 Å². The first-order valence-electron chi connectivity index (χ1n) is 19.0. The van der Waals surface area contributed by atoms with Gasteiger partial charge in [0.25, 0.3) is 0 Å². The van der Waals surface area contributed by atoms with Gasteiger partial charge in [-0.3, -0.25) is 0 Å². The zero-order chi connectivity index (χ0) is 35.1. The largest absolute Gasteiger partial charge is 0.312 e. The fourth-order valence-electron chi connectivity index (χ4n) is 10.5. The zero-order valence-electron chi connectivity index (χ0n) is 29.4. The summed E-state index contributed by atoms with van der Waals surface area (Å²) in [5, 5.41) is 8.01. The SMILES string of the molecule is C1=CC2=C(CC1)N(c1ccccc1)c1ccc(-n3c4ccccc4c4cc5c(cc43)-c3ccccc3C53c4cccc5ccc6cccc3c6c45)cc1S2. The number of nitrogens with zero attached hydrogens (tertiary/aromatic N) is 2. The molecule has 1 spiro atoms. The smallest absolute Gasteiger partial charge is 0.0726 e. The summed E-state index contributed by atoms with van der Waals surface area (Å²) < 4.78 is 2.51. The van der Waals surface area contributed by atoms with Gasteiger partial charge in [-0.2, -0.15) is 0 Å². The summed E-state index contributed by atoms with van der Waals surface area (Å²) in [6, 6.07) is 59.7. The average molecular weight is 705 g/mol. The molecule has 0 saturated heterocycles. The summed E-state index contributed by atoms with van der Waals surface area (Å²) in [7, 11) is 0. The fourth-order valence-corrected chi connectivity index (χ4v) is 11.7. The molecule has 0 fully saturated rings. The number of hydrogen-bond donors (Lipinski definition) is 0. The van der Waals surface area contributed by atoms with E-state index >= 15 is 0 Å². The van der Waals surface area contributed by atoms with E-state index in [9.17, 15) is 0 Å². The summed E-state index contributed by atoms with van der Waals surface area (Å²) in [6.07, 6.45) is 6.77. The third-order valence-electron chi connectivity index (χ3n) is 12.6. The van der Waals surface area contributed by atoms with Crippen LogP contribution in [0.2, 0.25) is 0 Å². The molecule has 1 aliphatic heterocycles. The third-order valence-corrected chi connectivity index (χ3v) is 13.7. The molecule has 0 radical (unpaired) electrons. The summed E-state index contributed by atoms with van der Waals surface area (Å²) in [6.45, 7) is 0. The maximum atomic E-state index is 2.56. The summed E-state index contributed by atoms with van der Waals surface area (Å²) in [5.41, 5.74) is 15.4. The number of allylic oxidation sites excluding steroid dienone is 3. The van der Waals surface area contributed by atoms with Crippen molar-refractivity contribution in [2.45, 2.75) is 23.2 Å². The van der Waals surface area contributed by atoms with Crippen LogP contribution in [0, 0.1) is 0 Å². The van der Waals surface area contributed by atoms with Gasteiger partial charge in [0.15, 0.2) is 0 Å². The molecule has 0 atom stereocenters. The van der Waals surface area contributed by atoms with Gasteiger partial charge in [0.2, 0.25) is 0 Å². The molecule has 0 saturated carbocycles. The Morgan fingerprint density at radius 2 is 1.26 bits per heavy atom. The molecule has 0 N–H and O–H groups in total. The average Bonchev–Trinajstić information content (AvgIpc) is 3.83. The molecule has 8 aromatic carbocycles. The Morgan fingerprint density at radius 1 is 0.519 bits per heavy atom. The van der Waals surface area contributed by atoms with Crippen molar-refractivity contribution in [3.63, 3.8) is 0 Å². The first-order chi connectivity index (χ1) is 26.8. The second kappa shape index (κ2) is 10.4. The lowest BCUT2D eigenvalue weighted by atomic mass is 9.70. The van der Waals surface area contributed by atoms with Gasteiger partial charge in [-0.05, 0) is 116 Å². The Bertz CT molecular complexity index is 3140. The molecule has 4 aliphatic rings. The van der Waals surface area contributed by atoms with Crippen molar-refractivity contribution in [1.82, 2.24) is 4.57 Å². The van der Waals surface area contributed by atoms with E-state index in [2.05, 4.69) is 179 Å². The number of benzene rings is 8. The highest BCUT2D eigenvalue weighted by atomic mass is 32.2.